The minimum absolute atomic E-state index is 0.121. The molecule has 0 spiro atoms. The van der Waals surface area contributed by atoms with Crippen molar-refractivity contribution >= 4 is 23.4 Å². The largest absolute Gasteiger partial charge is 0.411 e. The molecule has 4 rings (SSSR count). The van der Waals surface area contributed by atoms with Crippen molar-refractivity contribution in [3.05, 3.63) is 65.3 Å². The Balaban J connectivity index is 1.45. The summed E-state index contributed by atoms with van der Waals surface area (Å²) < 4.78 is 24.4. The zero-order valence-corrected chi connectivity index (χ0v) is 14.7. The summed E-state index contributed by atoms with van der Waals surface area (Å²) in [5, 5.41) is 12.6. The highest BCUT2D eigenvalue weighted by Gasteiger charge is 2.15. The van der Waals surface area contributed by atoms with E-state index in [9.17, 15) is 4.39 Å². The van der Waals surface area contributed by atoms with E-state index in [2.05, 4.69) is 20.3 Å². The van der Waals surface area contributed by atoms with E-state index in [4.69, 9.17) is 20.5 Å². The van der Waals surface area contributed by atoms with Crippen LogP contribution < -0.4 is 0 Å². The first kappa shape index (κ1) is 16.7. The lowest BCUT2D eigenvalue weighted by Gasteiger charge is -1.95. The van der Waals surface area contributed by atoms with E-state index in [1.54, 1.807) is 30.3 Å². The molecule has 0 aliphatic heterocycles. The van der Waals surface area contributed by atoms with E-state index in [1.807, 2.05) is 12.1 Å². The second kappa shape index (κ2) is 7.27. The third-order valence-electron chi connectivity index (χ3n) is 3.38. The van der Waals surface area contributed by atoms with Crippen LogP contribution in [0.25, 0.3) is 22.8 Å². The zero-order valence-electron chi connectivity index (χ0n) is 13.1. The van der Waals surface area contributed by atoms with Gasteiger partial charge in [-0.1, -0.05) is 52.8 Å². The molecule has 0 radical (unpaired) electrons. The molecule has 0 unspecified atom stereocenters. The average Bonchev–Trinajstić information content (AvgIpc) is 3.30. The molecular formula is C17H10ClFN4O2S. The van der Waals surface area contributed by atoms with E-state index in [-0.39, 0.29) is 16.7 Å². The van der Waals surface area contributed by atoms with Gasteiger partial charge in [-0.3, -0.25) is 0 Å². The summed E-state index contributed by atoms with van der Waals surface area (Å²) in [6, 6.07) is 13.4. The minimum Gasteiger partial charge on any atom is -0.411 e. The SMILES string of the molecule is Fc1ccccc1-c1nnc(SCc2nc(-c3cccc(Cl)c3)no2)o1. The van der Waals surface area contributed by atoms with E-state index in [0.29, 0.717) is 22.5 Å². The molecular weight excluding hydrogens is 379 g/mol. The fourth-order valence-electron chi connectivity index (χ4n) is 2.19. The van der Waals surface area contributed by atoms with Gasteiger partial charge in [0.15, 0.2) is 0 Å². The molecule has 0 N–H and O–H groups in total. The molecule has 0 atom stereocenters. The number of thioether (sulfide) groups is 1. The molecule has 0 aliphatic carbocycles. The van der Waals surface area contributed by atoms with E-state index in [0.717, 1.165) is 5.56 Å². The second-order valence-electron chi connectivity index (χ2n) is 5.16. The lowest BCUT2D eigenvalue weighted by molar-refractivity contribution is 0.391. The Morgan fingerprint density at radius 2 is 1.96 bits per heavy atom. The number of hydrogen-bond donors (Lipinski definition) is 0. The van der Waals surface area contributed by atoms with Crippen LogP contribution >= 0.6 is 23.4 Å². The monoisotopic (exact) mass is 388 g/mol. The van der Waals surface area contributed by atoms with Crippen molar-refractivity contribution < 1.29 is 13.3 Å². The quantitative estimate of drug-likeness (QED) is 0.451. The molecule has 130 valence electrons. The van der Waals surface area contributed by atoms with Crippen molar-refractivity contribution in [1.29, 1.82) is 0 Å². The number of rotatable bonds is 5. The van der Waals surface area contributed by atoms with Crippen LogP contribution in [0.4, 0.5) is 4.39 Å². The van der Waals surface area contributed by atoms with Crippen LogP contribution in [0.2, 0.25) is 5.02 Å². The van der Waals surface area contributed by atoms with Gasteiger partial charge >= 0.3 is 0 Å². The Morgan fingerprint density at radius 3 is 2.81 bits per heavy atom. The summed E-state index contributed by atoms with van der Waals surface area (Å²) >= 11 is 7.18. The first-order valence-electron chi connectivity index (χ1n) is 7.49. The van der Waals surface area contributed by atoms with Crippen LogP contribution in [0, 0.1) is 5.82 Å². The van der Waals surface area contributed by atoms with Gasteiger partial charge in [0.25, 0.3) is 11.1 Å². The van der Waals surface area contributed by atoms with Gasteiger partial charge in [0.2, 0.25) is 11.7 Å². The van der Waals surface area contributed by atoms with Crippen molar-refractivity contribution in [1.82, 2.24) is 20.3 Å². The van der Waals surface area contributed by atoms with Gasteiger partial charge in [0.1, 0.15) is 5.82 Å². The number of aromatic nitrogens is 4. The molecule has 26 heavy (non-hydrogen) atoms. The number of halogens is 2. The summed E-state index contributed by atoms with van der Waals surface area (Å²) in [7, 11) is 0. The molecule has 0 fully saturated rings. The Morgan fingerprint density at radius 1 is 1.08 bits per heavy atom. The summed E-state index contributed by atoms with van der Waals surface area (Å²) in [5.41, 5.74) is 1.02. The summed E-state index contributed by atoms with van der Waals surface area (Å²) in [6.07, 6.45) is 0. The van der Waals surface area contributed by atoms with Crippen LogP contribution in [0.3, 0.4) is 0 Å². The van der Waals surface area contributed by atoms with Gasteiger partial charge in [-0.15, -0.1) is 10.2 Å². The third-order valence-corrected chi connectivity index (χ3v) is 4.42. The first-order valence-corrected chi connectivity index (χ1v) is 8.85. The molecule has 2 aromatic carbocycles. The summed E-state index contributed by atoms with van der Waals surface area (Å²) in [6.45, 7) is 0. The van der Waals surface area contributed by atoms with Crippen molar-refractivity contribution in [2.45, 2.75) is 11.0 Å². The highest BCUT2D eigenvalue weighted by molar-refractivity contribution is 7.98. The van der Waals surface area contributed by atoms with Crippen LogP contribution in [-0.4, -0.2) is 20.3 Å². The fraction of sp³-hybridized carbons (Fsp3) is 0.0588. The van der Waals surface area contributed by atoms with Crippen LogP contribution in [-0.2, 0) is 5.75 Å². The van der Waals surface area contributed by atoms with Crippen molar-refractivity contribution in [3.63, 3.8) is 0 Å². The molecule has 4 aromatic rings. The Labute approximate surface area is 156 Å². The van der Waals surface area contributed by atoms with Gasteiger partial charge < -0.3 is 8.94 Å². The Hall–Kier alpha value is -2.71. The third kappa shape index (κ3) is 3.61. The van der Waals surface area contributed by atoms with Crippen molar-refractivity contribution in [2.24, 2.45) is 0 Å². The molecule has 2 heterocycles. The maximum atomic E-state index is 13.8. The van der Waals surface area contributed by atoms with E-state index in [1.165, 1.54) is 17.8 Å². The van der Waals surface area contributed by atoms with E-state index >= 15 is 0 Å². The highest BCUT2D eigenvalue weighted by Crippen LogP contribution is 2.27. The van der Waals surface area contributed by atoms with Crippen molar-refractivity contribution in [3.8, 4) is 22.8 Å². The van der Waals surface area contributed by atoms with E-state index < -0.39 is 5.82 Å². The smallest absolute Gasteiger partial charge is 0.277 e. The predicted octanol–water partition coefficient (Wildman–Crippen LogP) is 4.87. The van der Waals surface area contributed by atoms with Gasteiger partial charge in [0.05, 0.1) is 11.3 Å². The molecule has 0 amide bonds. The predicted molar refractivity (Wildman–Crippen MR) is 94.0 cm³/mol. The number of benzene rings is 2. The lowest BCUT2D eigenvalue weighted by Crippen LogP contribution is -1.83. The molecule has 2 aromatic heterocycles. The summed E-state index contributed by atoms with van der Waals surface area (Å²) in [5.74, 6) is 0.884. The molecule has 0 aliphatic rings. The number of nitrogens with zero attached hydrogens (tertiary/aromatic N) is 4. The maximum Gasteiger partial charge on any atom is 0.277 e. The lowest BCUT2D eigenvalue weighted by atomic mass is 10.2. The maximum absolute atomic E-state index is 13.8. The molecule has 9 heteroatoms. The van der Waals surface area contributed by atoms with Gasteiger partial charge in [-0.2, -0.15) is 4.98 Å². The molecule has 6 nitrogen and oxygen atoms in total. The van der Waals surface area contributed by atoms with Gasteiger partial charge in [0, 0.05) is 10.6 Å². The second-order valence-corrected chi connectivity index (χ2v) is 6.53. The molecule has 0 saturated carbocycles. The van der Waals surface area contributed by atoms with Crippen molar-refractivity contribution in [2.75, 3.05) is 0 Å². The van der Waals surface area contributed by atoms with Crippen LogP contribution in [0.1, 0.15) is 5.89 Å². The average molecular weight is 389 g/mol. The van der Waals surface area contributed by atoms with Crippen LogP contribution in [0.15, 0.2) is 62.7 Å². The first-order chi connectivity index (χ1) is 12.7. The summed E-state index contributed by atoms with van der Waals surface area (Å²) in [4.78, 5) is 4.31. The normalized spacial score (nSPS) is 11.0. The van der Waals surface area contributed by atoms with Crippen LogP contribution in [0.5, 0.6) is 0 Å². The standard InChI is InChI=1S/C17H10ClFN4O2S/c18-11-5-3-4-10(8-11)15-20-14(25-23-15)9-26-17-22-21-16(24-17)12-6-1-2-7-13(12)19/h1-8H,9H2. The minimum atomic E-state index is -0.421. The van der Waals surface area contributed by atoms with Gasteiger partial charge in [-0.25, -0.2) is 4.39 Å². The molecule has 0 bridgehead atoms. The Bertz CT molecular complexity index is 1050. The topological polar surface area (TPSA) is 77.8 Å². The Kier molecular flexibility index (Phi) is 4.68. The number of hydrogen-bond acceptors (Lipinski definition) is 7. The fourth-order valence-corrected chi connectivity index (χ4v) is 2.98. The highest BCUT2D eigenvalue weighted by atomic mass is 35.5. The zero-order chi connectivity index (χ0) is 17.9. The molecule has 0 saturated heterocycles. The van der Waals surface area contributed by atoms with Gasteiger partial charge in [-0.05, 0) is 24.3 Å².